The third kappa shape index (κ3) is 3.56. The van der Waals surface area contributed by atoms with Crippen molar-refractivity contribution in [2.45, 2.75) is 19.5 Å². The molecule has 0 aliphatic rings. The third-order valence-corrected chi connectivity index (χ3v) is 3.86. The quantitative estimate of drug-likeness (QED) is 0.852. The largest absolute Gasteiger partial charge is 0.494 e. The lowest BCUT2D eigenvalue weighted by Crippen LogP contribution is -2.30. The molecule has 0 amide bonds. The van der Waals surface area contributed by atoms with Crippen LogP contribution in [0.5, 0.6) is 5.75 Å². The zero-order valence-electron chi connectivity index (χ0n) is 12.0. The molecule has 1 aromatic carbocycles. The van der Waals surface area contributed by atoms with Crippen LogP contribution < -0.4 is 10.5 Å². The van der Waals surface area contributed by atoms with Crippen LogP contribution in [0.2, 0.25) is 0 Å². The van der Waals surface area contributed by atoms with Gasteiger partial charge in [0.05, 0.1) is 23.9 Å². The number of hydrogen-bond acceptors (Lipinski definition) is 5. The fourth-order valence-corrected chi connectivity index (χ4v) is 2.82. The van der Waals surface area contributed by atoms with Gasteiger partial charge in [0.2, 0.25) is 0 Å². The maximum absolute atomic E-state index is 5.98. The number of hydrogen-bond donors (Lipinski definition) is 1. The van der Waals surface area contributed by atoms with E-state index in [2.05, 4.69) is 28.4 Å². The lowest BCUT2D eigenvalue weighted by atomic mass is 10.0. The fourth-order valence-electron chi connectivity index (χ4n) is 2.27. The van der Waals surface area contributed by atoms with Crippen molar-refractivity contribution in [2.75, 3.05) is 20.2 Å². The number of nitrogens with zero attached hydrogens (tertiary/aromatic N) is 2. The number of benzene rings is 1. The Bertz CT molecular complexity index is 516. The van der Waals surface area contributed by atoms with Gasteiger partial charge >= 0.3 is 0 Å². The molecule has 2 rings (SSSR count). The third-order valence-electron chi connectivity index (χ3n) is 3.23. The van der Waals surface area contributed by atoms with Gasteiger partial charge in [0.1, 0.15) is 5.75 Å². The summed E-state index contributed by atoms with van der Waals surface area (Å²) < 4.78 is 5.71. The van der Waals surface area contributed by atoms with E-state index in [9.17, 15) is 0 Å². The molecule has 1 aromatic heterocycles. The molecule has 2 N–H and O–H groups in total. The Kier molecular flexibility index (Phi) is 5.52. The van der Waals surface area contributed by atoms with Crippen molar-refractivity contribution in [3.63, 3.8) is 0 Å². The van der Waals surface area contributed by atoms with Gasteiger partial charge in [0.15, 0.2) is 0 Å². The molecule has 0 spiro atoms. The molecule has 0 aliphatic heterocycles. The van der Waals surface area contributed by atoms with Gasteiger partial charge in [-0.1, -0.05) is 18.2 Å². The highest BCUT2D eigenvalue weighted by Crippen LogP contribution is 2.28. The summed E-state index contributed by atoms with van der Waals surface area (Å²) >= 11 is 1.61. The van der Waals surface area contributed by atoms with E-state index in [1.165, 1.54) is 0 Å². The van der Waals surface area contributed by atoms with Crippen LogP contribution in [0, 0.1) is 0 Å². The second kappa shape index (κ2) is 7.38. The second-order valence-electron chi connectivity index (χ2n) is 4.62. The molecule has 20 heavy (non-hydrogen) atoms. The number of ether oxygens (including phenoxy) is 1. The van der Waals surface area contributed by atoms with Crippen LogP contribution in [-0.4, -0.2) is 30.1 Å². The van der Waals surface area contributed by atoms with Gasteiger partial charge < -0.3 is 10.5 Å². The zero-order chi connectivity index (χ0) is 14.4. The molecule has 1 atom stereocenters. The summed E-state index contributed by atoms with van der Waals surface area (Å²) in [7, 11) is 2.07. The molecule has 5 heteroatoms. The van der Waals surface area contributed by atoms with E-state index in [0.29, 0.717) is 13.2 Å². The van der Waals surface area contributed by atoms with Crippen molar-refractivity contribution in [2.24, 2.45) is 5.73 Å². The Labute approximate surface area is 124 Å². The predicted molar refractivity (Wildman–Crippen MR) is 83.0 cm³/mol. The highest BCUT2D eigenvalue weighted by atomic mass is 32.1. The van der Waals surface area contributed by atoms with Crippen molar-refractivity contribution in [3.05, 3.63) is 46.4 Å². The maximum Gasteiger partial charge on any atom is 0.124 e. The molecular weight excluding hydrogens is 270 g/mol. The minimum absolute atomic E-state index is 0.124. The number of thiazole rings is 1. The molecule has 0 saturated carbocycles. The number of rotatable bonds is 7. The van der Waals surface area contributed by atoms with Gasteiger partial charge in [-0.25, -0.2) is 4.98 Å². The molecule has 0 fully saturated rings. The van der Waals surface area contributed by atoms with Gasteiger partial charge in [0, 0.05) is 24.0 Å². The van der Waals surface area contributed by atoms with Crippen molar-refractivity contribution in [3.8, 4) is 5.75 Å². The Balaban J connectivity index is 2.18. The predicted octanol–water partition coefficient (Wildman–Crippen LogP) is 2.67. The first-order valence-electron chi connectivity index (χ1n) is 6.75. The molecule has 0 radical (unpaired) electrons. The fraction of sp³-hybridized carbons (Fsp3) is 0.400. The average Bonchev–Trinajstić information content (AvgIpc) is 2.94. The van der Waals surface area contributed by atoms with Crippen LogP contribution in [0.1, 0.15) is 24.2 Å². The van der Waals surface area contributed by atoms with Crippen LogP contribution in [-0.2, 0) is 6.54 Å². The highest BCUT2D eigenvalue weighted by molar-refractivity contribution is 7.07. The first-order chi connectivity index (χ1) is 9.76. The summed E-state index contributed by atoms with van der Waals surface area (Å²) in [4.78, 5) is 6.55. The average molecular weight is 291 g/mol. The molecule has 0 bridgehead atoms. The van der Waals surface area contributed by atoms with Crippen LogP contribution >= 0.6 is 11.3 Å². The number of para-hydroxylation sites is 1. The summed E-state index contributed by atoms with van der Waals surface area (Å²) in [6.45, 7) is 3.98. The standard InChI is InChI=1S/C15H21N3OS/c1-3-19-15-7-5-4-6-13(15)14(8-16)18(2)9-12-10-20-11-17-12/h4-7,10-11,14H,3,8-9,16H2,1-2H3. The summed E-state index contributed by atoms with van der Waals surface area (Å²) in [6, 6.07) is 8.22. The van der Waals surface area contributed by atoms with Crippen LogP contribution in [0.25, 0.3) is 0 Å². The zero-order valence-corrected chi connectivity index (χ0v) is 12.8. The van der Waals surface area contributed by atoms with Crippen molar-refractivity contribution in [1.29, 1.82) is 0 Å². The topological polar surface area (TPSA) is 51.4 Å². The minimum atomic E-state index is 0.124. The second-order valence-corrected chi connectivity index (χ2v) is 5.34. The molecule has 2 aromatic rings. The summed E-state index contributed by atoms with van der Waals surface area (Å²) in [5.41, 5.74) is 10.0. The van der Waals surface area contributed by atoms with E-state index in [1.807, 2.05) is 30.6 Å². The highest BCUT2D eigenvalue weighted by Gasteiger charge is 2.19. The van der Waals surface area contributed by atoms with Gasteiger partial charge in [-0.15, -0.1) is 11.3 Å². The first-order valence-corrected chi connectivity index (χ1v) is 7.69. The smallest absolute Gasteiger partial charge is 0.124 e. The monoisotopic (exact) mass is 291 g/mol. The Morgan fingerprint density at radius 2 is 2.20 bits per heavy atom. The van der Waals surface area contributed by atoms with Crippen molar-refractivity contribution < 1.29 is 4.74 Å². The van der Waals surface area contributed by atoms with E-state index in [0.717, 1.165) is 23.6 Å². The molecule has 0 saturated heterocycles. The van der Waals surface area contributed by atoms with E-state index >= 15 is 0 Å². The van der Waals surface area contributed by atoms with Gasteiger partial charge in [-0.05, 0) is 20.0 Å². The normalized spacial score (nSPS) is 12.6. The van der Waals surface area contributed by atoms with Crippen LogP contribution in [0.15, 0.2) is 35.2 Å². The number of nitrogens with two attached hydrogens (primary N) is 1. The van der Waals surface area contributed by atoms with Crippen molar-refractivity contribution in [1.82, 2.24) is 9.88 Å². The molecule has 1 heterocycles. The van der Waals surface area contributed by atoms with E-state index < -0.39 is 0 Å². The van der Waals surface area contributed by atoms with Crippen LogP contribution in [0.3, 0.4) is 0 Å². The van der Waals surface area contributed by atoms with Crippen molar-refractivity contribution >= 4 is 11.3 Å². The molecule has 4 nitrogen and oxygen atoms in total. The minimum Gasteiger partial charge on any atom is -0.494 e. The molecule has 108 valence electrons. The van der Waals surface area contributed by atoms with Gasteiger partial charge in [-0.3, -0.25) is 4.90 Å². The Morgan fingerprint density at radius 3 is 2.85 bits per heavy atom. The van der Waals surface area contributed by atoms with Crippen LogP contribution in [0.4, 0.5) is 0 Å². The first kappa shape index (κ1) is 15.0. The lowest BCUT2D eigenvalue weighted by molar-refractivity contribution is 0.230. The van der Waals surface area contributed by atoms with E-state index in [4.69, 9.17) is 10.5 Å². The summed E-state index contributed by atoms with van der Waals surface area (Å²) in [5.74, 6) is 0.913. The number of likely N-dealkylation sites (N-methyl/N-ethyl adjacent to an activating group) is 1. The van der Waals surface area contributed by atoms with Gasteiger partial charge in [0.25, 0.3) is 0 Å². The van der Waals surface area contributed by atoms with E-state index in [-0.39, 0.29) is 6.04 Å². The summed E-state index contributed by atoms with van der Waals surface area (Å²) in [6.07, 6.45) is 0. The summed E-state index contributed by atoms with van der Waals surface area (Å²) in [5, 5.41) is 2.07. The Hall–Kier alpha value is -1.43. The molecular formula is C15H21N3OS. The van der Waals surface area contributed by atoms with Gasteiger partial charge in [-0.2, -0.15) is 0 Å². The Morgan fingerprint density at radius 1 is 1.40 bits per heavy atom. The molecule has 1 unspecified atom stereocenters. The SMILES string of the molecule is CCOc1ccccc1C(CN)N(C)Cc1cscn1. The lowest BCUT2D eigenvalue weighted by Gasteiger charge is -2.28. The number of aromatic nitrogens is 1. The van der Waals surface area contributed by atoms with E-state index in [1.54, 1.807) is 11.3 Å². The maximum atomic E-state index is 5.98. The molecule has 0 aliphatic carbocycles.